The first-order chi connectivity index (χ1) is 11.2. The summed E-state index contributed by atoms with van der Waals surface area (Å²) >= 11 is 0. The van der Waals surface area contributed by atoms with Crippen molar-refractivity contribution in [1.82, 2.24) is 14.8 Å². The van der Waals surface area contributed by atoms with Gasteiger partial charge in [0, 0.05) is 44.5 Å². The summed E-state index contributed by atoms with van der Waals surface area (Å²) < 4.78 is 5.98. The smallest absolute Gasteiger partial charge is 0.226 e. The molecule has 4 atom stereocenters. The van der Waals surface area contributed by atoms with E-state index < -0.39 is 0 Å². The highest BCUT2D eigenvalue weighted by Gasteiger charge is 2.45. The minimum atomic E-state index is 0.270. The van der Waals surface area contributed by atoms with Crippen molar-refractivity contribution >= 4 is 5.91 Å². The molecule has 0 radical (unpaired) electrons. The van der Waals surface area contributed by atoms with Crippen molar-refractivity contribution in [2.45, 2.75) is 38.5 Å². The molecule has 0 N–H and O–H groups in total. The van der Waals surface area contributed by atoms with Gasteiger partial charge in [-0.1, -0.05) is 6.92 Å². The molecule has 4 rings (SSSR count). The maximum absolute atomic E-state index is 12.6. The van der Waals surface area contributed by atoms with E-state index in [9.17, 15) is 4.79 Å². The molecule has 5 heteroatoms. The Balaban J connectivity index is 1.44. The number of piperidine rings is 1. The Kier molecular flexibility index (Phi) is 4.07. The van der Waals surface area contributed by atoms with Crippen LogP contribution in [0.4, 0.5) is 0 Å². The number of carbonyl (C=O) groups is 1. The lowest BCUT2D eigenvalue weighted by molar-refractivity contribution is -0.145. The Morgan fingerprint density at radius 2 is 2.13 bits per heavy atom. The highest BCUT2D eigenvalue weighted by Crippen LogP contribution is 2.40. The number of carbonyl (C=O) groups excluding carboxylic acids is 1. The number of amides is 1. The van der Waals surface area contributed by atoms with Crippen molar-refractivity contribution in [2.75, 3.05) is 26.2 Å². The topological polar surface area (TPSA) is 45.7 Å². The Morgan fingerprint density at radius 3 is 2.87 bits per heavy atom. The number of nitrogens with zero attached hydrogens (tertiary/aromatic N) is 3. The van der Waals surface area contributed by atoms with Crippen molar-refractivity contribution in [3.05, 3.63) is 30.1 Å². The SMILES string of the molecule is C[C@H]1C[C@@H]1C(=O)N1CC[C@@H]2OCCN(Cc3ccncc3)[C@H]2C1. The maximum atomic E-state index is 12.6. The fourth-order valence-electron chi connectivity index (χ4n) is 3.96. The molecule has 2 saturated heterocycles. The van der Waals surface area contributed by atoms with Crippen LogP contribution >= 0.6 is 0 Å². The van der Waals surface area contributed by atoms with Crippen molar-refractivity contribution in [2.24, 2.45) is 11.8 Å². The zero-order valence-electron chi connectivity index (χ0n) is 13.7. The Labute approximate surface area is 137 Å². The lowest BCUT2D eigenvalue weighted by Crippen LogP contribution is -2.60. The van der Waals surface area contributed by atoms with Gasteiger partial charge in [0.15, 0.2) is 0 Å². The van der Waals surface area contributed by atoms with Gasteiger partial charge in [-0.25, -0.2) is 0 Å². The molecule has 5 nitrogen and oxygen atoms in total. The summed E-state index contributed by atoms with van der Waals surface area (Å²) in [6.45, 7) is 6.49. The van der Waals surface area contributed by atoms with Gasteiger partial charge in [0.25, 0.3) is 0 Å². The molecule has 124 valence electrons. The third-order valence-corrected chi connectivity index (χ3v) is 5.57. The number of fused-ring (bicyclic) bond motifs is 1. The lowest BCUT2D eigenvalue weighted by atomic mass is 9.97. The van der Waals surface area contributed by atoms with Crippen LogP contribution in [0.1, 0.15) is 25.3 Å². The molecular weight excluding hydrogens is 290 g/mol. The van der Waals surface area contributed by atoms with E-state index in [4.69, 9.17) is 4.74 Å². The summed E-state index contributed by atoms with van der Waals surface area (Å²) in [5.74, 6) is 1.23. The van der Waals surface area contributed by atoms with Crippen LogP contribution in [-0.4, -0.2) is 59.1 Å². The first-order valence-corrected chi connectivity index (χ1v) is 8.75. The van der Waals surface area contributed by atoms with Crippen LogP contribution in [0.3, 0.4) is 0 Å². The zero-order chi connectivity index (χ0) is 15.8. The number of hydrogen-bond donors (Lipinski definition) is 0. The quantitative estimate of drug-likeness (QED) is 0.849. The van der Waals surface area contributed by atoms with Crippen LogP contribution < -0.4 is 0 Å². The van der Waals surface area contributed by atoms with Gasteiger partial charge in [0.05, 0.1) is 18.8 Å². The van der Waals surface area contributed by atoms with E-state index >= 15 is 0 Å². The monoisotopic (exact) mass is 315 g/mol. The summed E-state index contributed by atoms with van der Waals surface area (Å²) in [7, 11) is 0. The summed E-state index contributed by atoms with van der Waals surface area (Å²) in [5, 5.41) is 0. The highest BCUT2D eigenvalue weighted by atomic mass is 16.5. The van der Waals surface area contributed by atoms with Gasteiger partial charge in [-0.2, -0.15) is 0 Å². The Hall–Kier alpha value is -1.46. The molecule has 0 spiro atoms. The van der Waals surface area contributed by atoms with E-state index in [1.54, 1.807) is 0 Å². The normalized spacial score (nSPS) is 34.0. The molecule has 1 saturated carbocycles. The molecule has 0 bridgehead atoms. The second-order valence-corrected chi connectivity index (χ2v) is 7.19. The van der Waals surface area contributed by atoms with Gasteiger partial charge in [0.1, 0.15) is 0 Å². The minimum absolute atomic E-state index is 0.270. The Bertz CT molecular complexity index is 565. The van der Waals surface area contributed by atoms with Gasteiger partial charge in [-0.3, -0.25) is 14.7 Å². The molecule has 0 aromatic carbocycles. The predicted octanol–water partition coefficient (Wildman–Crippen LogP) is 1.54. The fraction of sp³-hybridized carbons (Fsp3) is 0.667. The molecule has 1 aromatic heterocycles. The number of likely N-dealkylation sites (tertiary alicyclic amines) is 1. The number of pyridine rings is 1. The average Bonchev–Trinajstić information content (AvgIpc) is 3.32. The van der Waals surface area contributed by atoms with Crippen molar-refractivity contribution in [3.63, 3.8) is 0 Å². The van der Waals surface area contributed by atoms with E-state index in [2.05, 4.69) is 33.8 Å². The van der Waals surface area contributed by atoms with E-state index in [1.165, 1.54) is 5.56 Å². The number of ether oxygens (including phenoxy) is 1. The number of hydrogen-bond acceptors (Lipinski definition) is 4. The summed E-state index contributed by atoms with van der Waals surface area (Å²) in [5.41, 5.74) is 1.28. The van der Waals surface area contributed by atoms with Crippen molar-refractivity contribution in [3.8, 4) is 0 Å². The van der Waals surface area contributed by atoms with Gasteiger partial charge >= 0.3 is 0 Å². The van der Waals surface area contributed by atoms with E-state index in [1.807, 2.05) is 12.4 Å². The fourth-order valence-corrected chi connectivity index (χ4v) is 3.96. The zero-order valence-corrected chi connectivity index (χ0v) is 13.7. The molecule has 2 aliphatic heterocycles. The molecule has 3 fully saturated rings. The summed E-state index contributed by atoms with van der Waals surface area (Å²) in [6.07, 6.45) is 5.99. The molecular formula is C18H25N3O2. The minimum Gasteiger partial charge on any atom is -0.375 e. The van der Waals surface area contributed by atoms with Crippen molar-refractivity contribution in [1.29, 1.82) is 0 Å². The molecule has 23 heavy (non-hydrogen) atoms. The molecule has 1 amide bonds. The van der Waals surface area contributed by atoms with Gasteiger partial charge in [0.2, 0.25) is 5.91 Å². The summed E-state index contributed by atoms with van der Waals surface area (Å²) in [6, 6.07) is 4.47. The Morgan fingerprint density at radius 1 is 1.35 bits per heavy atom. The largest absolute Gasteiger partial charge is 0.375 e. The van der Waals surface area contributed by atoms with Crippen molar-refractivity contribution < 1.29 is 9.53 Å². The van der Waals surface area contributed by atoms with Crippen LogP contribution in [0.15, 0.2) is 24.5 Å². The molecule has 1 aromatic rings. The van der Waals surface area contributed by atoms with E-state index in [0.29, 0.717) is 17.9 Å². The molecule has 0 unspecified atom stereocenters. The molecule has 1 aliphatic carbocycles. The first kappa shape index (κ1) is 15.1. The maximum Gasteiger partial charge on any atom is 0.226 e. The average molecular weight is 315 g/mol. The second kappa shape index (κ2) is 6.21. The van der Waals surface area contributed by atoms with Crippen LogP contribution in [0.5, 0.6) is 0 Å². The molecule has 3 aliphatic rings. The van der Waals surface area contributed by atoms with Crippen LogP contribution in [0.2, 0.25) is 0 Å². The lowest BCUT2D eigenvalue weighted by Gasteiger charge is -2.47. The van der Waals surface area contributed by atoms with Crippen LogP contribution in [0, 0.1) is 11.8 Å². The number of aromatic nitrogens is 1. The first-order valence-electron chi connectivity index (χ1n) is 8.75. The van der Waals surface area contributed by atoms with Crippen LogP contribution in [-0.2, 0) is 16.1 Å². The third-order valence-electron chi connectivity index (χ3n) is 5.57. The van der Waals surface area contributed by atoms with Gasteiger partial charge in [-0.15, -0.1) is 0 Å². The highest BCUT2D eigenvalue weighted by molar-refractivity contribution is 5.81. The van der Waals surface area contributed by atoms with Crippen LogP contribution in [0.25, 0.3) is 0 Å². The third kappa shape index (κ3) is 3.12. The summed E-state index contributed by atoms with van der Waals surface area (Å²) in [4.78, 5) is 21.2. The van der Waals surface area contributed by atoms with E-state index in [0.717, 1.165) is 45.6 Å². The second-order valence-electron chi connectivity index (χ2n) is 7.19. The van der Waals surface area contributed by atoms with Gasteiger partial charge in [-0.05, 0) is 36.5 Å². The number of rotatable bonds is 3. The van der Waals surface area contributed by atoms with E-state index in [-0.39, 0.29) is 12.0 Å². The molecule has 3 heterocycles. The number of morpholine rings is 1. The predicted molar refractivity (Wildman–Crippen MR) is 86.6 cm³/mol. The van der Waals surface area contributed by atoms with Gasteiger partial charge < -0.3 is 9.64 Å². The standard InChI is InChI=1S/C18H25N3O2/c1-13-10-15(13)18(22)21-7-4-17-16(12-21)20(8-9-23-17)11-14-2-5-19-6-3-14/h2-3,5-6,13,15-17H,4,7-12H2,1H3/t13-,15-,16-,17-/m0/s1.